The van der Waals surface area contributed by atoms with E-state index < -0.39 is 5.82 Å². The lowest BCUT2D eigenvalue weighted by atomic mass is 10.2. The van der Waals surface area contributed by atoms with Gasteiger partial charge in [0.25, 0.3) is 0 Å². The average Bonchev–Trinajstić information content (AvgIpc) is 2.23. The lowest BCUT2D eigenvalue weighted by Crippen LogP contribution is -2.24. The third-order valence-corrected chi connectivity index (χ3v) is 2.64. The molecule has 0 aliphatic heterocycles. The SMILES string of the molecule is COCCN(C)c1c(N)cc(N)c(Cl)c1F. The molecular formula is C10H15ClFN3O. The largest absolute Gasteiger partial charge is 0.397 e. The van der Waals surface area contributed by atoms with Crippen LogP contribution in [0.1, 0.15) is 0 Å². The number of ether oxygens (including phenoxy) is 1. The van der Waals surface area contributed by atoms with Crippen molar-refractivity contribution in [2.75, 3.05) is 43.7 Å². The minimum absolute atomic E-state index is 0.103. The maximum absolute atomic E-state index is 13.8. The zero-order chi connectivity index (χ0) is 12.3. The van der Waals surface area contributed by atoms with Crippen LogP contribution in [-0.2, 0) is 4.74 Å². The van der Waals surface area contributed by atoms with E-state index in [4.69, 9.17) is 27.8 Å². The Labute approximate surface area is 98.9 Å². The van der Waals surface area contributed by atoms with E-state index in [-0.39, 0.29) is 22.1 Å². The van der Waals surface area contributed by atoms with Crippen molar-refractivity contribution >= 4 is 28.7 Å². The van der Waals surface area contributed by atoms with E-state index in [1.807, 2.05) is 0 Å². The summed E-state index contributed by atoms with van der Waals surface area (Å²) in [6, 6.07) is 1.45. The fraction of sp³-hybridized carbons (Fsp3) is 0.400. The number of benzene rings is 1. The number of hydrogen-bond donors (Lipinski definition) is 2. The summed E-state index contributed by atoms with van der Waals surface area (Å²) in [6.07, 6.45) is 0. The Morgan fingerprint density at radius 2 is 2.06 bits per heavy atom. The molecule has 1 aromatic rings. The Balaban J connectivity index is 3.08. The first-order chi connectivity index (χ1) is 7.49. The second-order valence-corrected chi connectivity index (χ2v) is 3.82. The Hall–Kier alpha value is -1.20. The van der Waals surface area contributed by atoms with Crippen molar-refractivity contribution in [2.45, 2.75) is 0 Å². The van der Waals surface area contributed by atoms with Crippen LogP contribution in [0, 0.1) is 5.82 Å². The highest BCUT2D eigenvalue weighted by atomic mass is 35.5. The van der Waals surface area contributed by atoms with E-state index in [1.165, 1.54) is 6.07 Å². The molecule has 0 unspecified atom stereocenters. The van der Waals surface area contributed by atoms with Crippen LogP contribution in [0.2, 0.25) is 5.02 Å². The second kappa shape index (κ2) is 5.23. The van der Waals surface area contributed by atoms with Crippen LogP contribution in [-0.4, -0.2) is 27.3 Å². The number of likely N-dealkylation sites (N-methyl/N-ethyl adjacent to an activating group) is 1. The Morgan fingerprint density at radius 1 is 1.44 bits per heavy atom. The molecule has 0 aliphatic carbocycles. The third kappa shape index (κ3) is 2.48. The lowest BCUT2D eigenvalue weighted by molar-refractivity contribution is 0.206. The van der Waals surface area contributed by atoms with Gasteiger partial charge in [0.1, 0.15) is 5.02 Å². The Morgan fingerprint density at radius 3 is 2.62 bits per heavy atom. The van der Waals surface area contributed by atoms with Gasteiger partial charge in [-0.2, -0.15) is 0 Å². The van der Waals surface area contributed by atoms with Gasteiger partial charge in [0.2, 0.25) is 0 Å². The molecule has 0 saturated heterocycles. The normalized spacial score (nSPS) is 10.5. The number of methoxy groups -OCH3 is 1. The van der Waals surface area contributed by atoms with Crippen LogP contribution in [0.3, 0.4) is 0 Å². The average molecular weight is 248 g/mol. The molecule has 0 heterocycles. The van der Waals surface area contributed by atoms with Crippen molar-refractivity contribution in [2.24, 2.45) is 0 Å². The van der Waals surface area contributed by atoms with Gasteiger partial charge >= 0.3 is 0 Å². The van der Waals surface area contributed by atoms with Gasteiger partial charge in [0.05, 0.1) is 23.7 Å². The van der Waals surface area contributed by atoms with Gasteiger partial charge in [0.15, 0.2) is 5.82 Å². The number of nitrogens with zero attached hydrogens (tertiary/aromatic N) is 1. The van der Waals surface area contributed by atoms with Crippen molar-refractivity contribution < 1.29 is 9.13 Å². The number of halogens is 2. The molecule has 90 valence electrons. The van der Waals surface area contributed by atoms with Gasteiger partial charge in [-0.15, -0.1) is 0 Å². The first-order valence-electron chi connectivity index (χ1n) is 4.72. The van der Waals surface area contributed by atoms with Gasteiger partial charge in [-0.1, -0.05) is 11.6 Å². The van der Waals surface area contributed by atoms with E-state index in [2.05, 4.69) is 0 Å². The van der Waals surface area contributed by atoms with E-state index in [0.717, 1.165) is 0 Å². The monoisotopic (exact) mass is 247 g/mol. The van der Waals surface area contributed by atoms with Crippen molar-refractivity contribution in [1.29, 1.82) is 0 Å². The molecule has 0 fully saturated rings. The number of hydrogen-bond acceptors (Lipinski definition) is 4. The minimum atomic E-state index is -0.599. The predicted octanol–water partition coefficient (Wildman–Crippen LogP) is 1.73. The van der Waals surface area contributed by atoms with Crippen molar-refractivity contribution in [1.82, 2.24) is 0 Å². The van der Waals surface area contributed by atoms with Crippen LogP contribution in [0.4, 0.5) is 21.5 Å². The summed E-state index contributed by atoms with van der Waals surface area (Å²) in [5, 5.41) is -0.103. The zero-order valence-corrected chi connectivity index (χ0v) is 10.0. The number of rotatable bonds is 4. The fourth-order valence-corrected chi connectivity index (χ4v) is 1.53. The van der Waals surface area contributed by atoms with Gasteiger partial charge in [-0.3, -0.25) is 0 Å². The van der Waals surface area contributed by atoms with Crippen LogP contribution in [0.5, 0.6) is 0 Å². The van der Waals surface area contributed by atoms with Crippen molar-refractivity contribution in [3.8, 4) is 0 Å². The highest BCUT2D eigenvalue weighted by Gasteiger charge is 2.17. The summed E-state index contributed by atoms with van der Waals surface area (Å²) >= 11 is 5.72. The van der Waals surface area contributed by atoms with E-state index >= 15 is 0 Å². The van der Waals surface area contributed by atoms with Gasteiger partial charge in [0, 0.05) is 20.7 Å². The molecule has 1 aromatic carbocycles. The summed E-state index contributed by atoms with van der Waals surface area (Å²) in [6.45, 7) is 0.981. The first-order valence-corrected chi connectivity index (χ1v) is 5.09. The molecule has 6 heteroatoms. The molecule has 1 rings (SSSR count). The predicted molar refractivity (Wildman–Crippen MR) is 65.4 cm³/mol. The molecule has 0 amide bonds. The molecule has 4 nitrogen and oxygen atoms in total. The van der Waals surface area contributed by atoms with Gasteiger partial charge in [-0.05, 0) is 6.07 Å². The number of nitrogen functional groups attached to an aromatic ring is 2. The summed E-state index contributed by atoms with van der Waals surface area (Å²) in [5.41, 5.74) is 11.8. The summed E-state index contributed by atoms with van der Waals surface area (Å²) in [7, 11) is 3.28. The van der Waals surface area contributed by atoms with Gasteiger partial charge in [-0.25, -0.2) is 4.39 Å². The quantitative estimate of drug-likeness (QED) is 0.796. The molecule has 4 N–H and O–H groups in total. The van der Waals surface area contributed by atoms with Crippen LogP contribution in [0.25, 0.3) is 0 Å². The van der Waals surface area contributed by atoms with Gasteiger partial charge < -0.3 is 21.1 Å². The Bertz CT molecular complexity index is 387. The molecular weight excluding hydrogens is 233 g/mol. The fourth-order valence-electron chi connectivity index (χ4n) is 1.38. The maximum atomic E-state index is 13.8. The number of nitrogens with two attached hydrogens (primary N) is 2. The molecule has 0 radical (unpaired) electrons. The van der Waals surface area contributed by atoms with Crippen molar-refractivity contribution in [3.05, 3.63) is 16.9 Å². The standard InChI is InChI=1S/C10H15ClFN3O/c1-15(3-4-16-2)10-7(14)5-6(13)8(11)9(10)12/h5H,3-4,13-14H2,1-2H3. The minimum Gasteiger partial charge on any atom is -0.397 e. The highest BCUT2D eigenvalue weighted by Crippen LogP contribution is 2.35. The summed E-state index contributed by atoms with van der Waals surface area (Å²) in [5.74, 6) is -0.599. The van der Waals surface area contributed by atoms with E-state index in [9.17, 15) is 4.39 Å². The number of anilines is 3. The molecule has 0 saturated carbocycles. The molecule has 16 heavy (non-hydrogen) atoms. The highest BCUT2D eigenvalue weighted by molar-refractivity contribution is 6.33. The molecule has 0 aromatic heterocycles. The van der Waals surface area contributed by atoms with Crippen molar-refractivity contribution in [3.63, 3.8) is 0 Å². The topological polar surface area (TPSA) is 64.5 Å². The van der Waals surface area contributed by atoms with E-state index in [0.29, 0.717) is 13.2 Å². The molecule has 0 aliphatic rings. The second-order valence-electron chi connectivity index (χ2n) is 3.45. The third-order valence-electron chi connectivity index (χ3n) is 2.25. The van der Waals surface area contributed by atoms with Crippen LogP contribution >= 0.6 is 11.6 Å². The zero-order valence-electron chi connectivity index (χ0n) is 9.26. The smallest absolute Gasteiger partial charge is 0.169 e. The summed E-state index contributed by atoms with van der Waals surface area (Å²) < 4.78 is 18.7. The molecule has 0 bridgehead atoms. The summed E-state index contributed by atoms with van der Waals surface area (Å²) in [4.78, 5) is 1.64. The van der Waals surface area contributed by atoms with E-state index in [1.54, 1.807) is 19.1 Å². The lowest BCUT2D eigenvalue weighted by Gasteiger charge is -2.22. The molecule has 0 atom stereocenters. The first kappa shape index (κ1) is 12.9. The van der Waals surface area contributed by atoms with Crippen LogP contribution < -0.4 is 16.4 Å². The molecule has 0 spiro atoms. The Kier molecular flexibility index (Phi) is 4.20. The van der Waals surface area contributed by atoms with Crippen LogP contribution in [0.15, 0.2) is 6.07 Å². The maximum Gasteiger partial charge on any atom is 0.169 e.